The number of amides is 1. The van der Waals surface area contributed by atoms with Crippen LogP contribution in [0, 0.1) is 29.6 Å². The summed E-state index contributed by atoms with van der Waals surface area (Å²) < 4.78 is 50.3. The first kappa shape index (κ1) is 59.5. The van der Waals surface area contributed by atoms with Gasteiger partial charge in [-0.3, -0.25) is 19.3 Å². The van der Waals surface area contributed by atoms with E-state index in [1.54, 1.807) is 28.3 Å². The third-order valence-corrected chi connectivity index (χ3v) is 21.4. The van der Waals surface area contributed by atoms with E-state index in [2.05, 4.69) is 57.8 Å². The number of nitrogens with zero attached hydrogens (tertiary/aromatic N) is 2. The second kappa shape index (κ2) is 26.4. The van der Waals surface area contributed by atoms with Gasteiger partial charge in [-0.05, 0) is 114 Å². The molecule has 5 aliphatic rings. The number of hydrogen-bond donors (Lipinski definition) is 1. The van der Waals surface area contributed by atoms with Crippen molar-refractivity contribution in [2.24, 2.45) is 29.6 Å². The minimum Gasteiger partial charge on any atom is -0.456 e. The standard InChI is InChI=1S/C55H94N2O13Si/c1-15-41-29-35(2)28-36(3)30-47(64-11)50-48(65-12)32-38(5)55(62,69-50)51(59)52(60)57-21-17-16-18-42(57)53(61)68-49(39(6)45(34-43(41)58)70-71(13,14)54(7,8)9)37(4)31-40-19-20-44(46(33-40)63-10)67-27-24-56-22-25-66-26-23-56/h29,31,36,38-42,44-50,62H,15-28,30,32-34H2,1-14H3/b35-29+,37-31?. The Bertz CT molecular complexity index is 1830. The Morgan fingerprint density at radius 2 is 1.54 bits per heavy atom. The fourth-order valence-corrected chi connectivity index (χ4v) is 12.8. The highest BCUT2D eigenvalue weighted by atomic mass is 28.4. The molecule has 2 bridgehead atoms. The van der Waals surface area contributed by atoms with Crippen LogP contribution in [0.4, 0.5) is 0 Å². The predicted octanol–water partition coefficient (Wildman–Crippen LogP) is 7.86. The maximum Gasteiger partial charge on any atom is 0.329 e. The van der Waals surface area contributed by atoms with Gasteiger partial charge in [-0.1, -0.05) is 66.2 Å². The maximum absolute atomic E-state index is 15.0. The van der Waals surface area contributed by atoms with Crippen molar-refractivity contribution >= 4 is 31.8 Å². The molecule has 0 aromatic heterocycles. The van der Waals surface area contributed by atoms with E-state index in [4.69, 9.17) is 37.6 Å². The van der Waals surface area contributed by atoms with Crippen LogP contribution >= 0.6 is 0 Å². The number of carbonyl (C=O) groups is 4. The smallest absolute Gasteiger partial charge is 0.329 e. The summed E-state index contributed by atoms with van der Waals surface area (Å²) in [6.07, 6.45) is 6.54. The number of ketones is 2. The molecule has 406 valence electrons. The third-order valence-electron chi connectivity index (χ3n) is 16.9. The van der Waals surface area contributed by atoms with Gasteiger partial charge in [0.15, 0.2) is 8.32 Å². The summed E-state index contributed by atoms with van der Waals surface area (Å²) in [5.74, 6) is -6.75. The van der Waals surface area contributed by atoms with E-state index in [9.17, 15) is 24.3 Å². The molecule has 1 aliphatic carbocycles. The Kier molecular flexibility index (Phi) is 22.1. The van der Waals surface area contributed by atoms with Gasteiger partial charge in [0.1, 0.15) is 24.0 Å². The van der Waals surface area contributed by atoms with Crippen LogP contribution in [0.25, 0.3) is 0 Å². The summed E-state index contributed by atoms with van der Waals surface area (Å²) in [5, 5.41) is 12.1. The van der Waals surface area contributed by atoms with Crippen molar-refractivity contribution in [3.8, 4) is 0 Å². The fraction of sp³-hybridized carbons (Fsp3) is 0.855. The predicted molar refractivity (Wildman–Crippen MR) is 275 cm³/mol. The number of esters is 1. The van der Waals surface area contributed by atoms with Gasteiger partial charge in [0, 0.05) is 71.7 Å². The number of allylic oxidation sites excluding steroid dienone is 3. The quantitative estimate of drug-likeness (QED) is 0.0868. The van der Waals surface area contributed by atoms with Gasteiger partial charge in [-0.25, -0.2) is 4.79 Å². The third kappa shape index (κ3) is 15.2. The molecular formula is C55H94N2O13Si. The number of morpholine rings is 1. The van der Waals surface area contributed by atoms with Crippen LogP contribution in [0.3, 0.4) is 0 Å². The fourth-order valence-electron chi connectivity index (χ4n) is 11.4. The van der Waals surface area contributed by atoms with E-state index >= 15 is 0 Å². The van der Waals surface area contributed by atoms with Gasteiger partial charge in [0.2, 0.25) is 5.79 Å². The molecule has 1 amide bonds. The normalized spacial score (nSPS) is 37.4. The van der Waals surface area contributed by atoms with Gasteiger partial charge >= 0.3 is 5.97 Å². The average molecular weight is 1020 g/mol. The van der Waals surface area contributed by atoms with Crippen LogP contribution in [-0.2, 0) is 56.8 Å². The zero-order chi connectivity index (χ0) is 52.4. The molecule has 4 fully saturated rings. The number of aliphatic hydroxyl groups is 1. The highest BCUT2D eigenvalue weighted by Crippen LogP contribution is 2.42. The van der Waals surface area contributed by atoms with Crippen molar-refractivity contribution in [2.75, 3.05) is 67.3 Å². The Balaban J connectivity index is 1.55. The van der Waals surface area contributed by atoms with Gasteiger partial charge < -0.3 is 47.6 Å². The highest BCUT2D eigenvalue weighted by molar-refractivity contribution is 6.74. The molecule has 15 nitrogen and oxygen atoms in total. The van der Waals surface area contributed by atoms with Crippen molar-refractivity contribution in [1.29, 1.82) is 0 Å². The minimum absolute atomic E-state index is 0.0494. The number of rotatable bonds is 12. The summed E-state index contributed by atoms with van der Waals surface area (Å²) in [7, 11) is 2.32. The Hall–Kier alpha value is -2.38. The molecule has 0 spiro atoms. The summed E-state index contributed by atoms with van der Waals surface area (Å²) in [6, 6.07) is -1.10. The first-order valence-electron chi connectivity index (χ1n) is 27.0. The molecule has 0 aromatic rings. The lowest BCUT2D eigenvalue weighted by Crippen LogP contribution is -2.64. The molecule has 1 N–H and O–H groups in total. The van der Waals surface area contributed by atoms with Crippen LogP contribution in [0.5, 0.6) is 0 Å². The summed E-state index contributed by atoms with van der Waals surface area (Å²) in [4.78, 5) is 62.6. The van der Waals surface area contributed by atoms with E-state index in [0.717, 1.165) is 56.8 Å². The molecule has 16 heteroatoms. The van der Waals surface area contributed by atoms with Crippen molar-refractivity contribution in [2.45, 2.75) is 206 Å². The Labute approximate surface area is 427 Å². The molecule has 14 unspecified atom stereocenters. The molecule has 71 heavy (non-hydrogen) atoms. The molecule has 3 saturated heterocycles. The van der Waals surface area contributed by atoms with Gasteiger partial charge in [0.05, 0.1) is 50.3 Å². The van der Waals surface area contributed by atoms with Crippen LogP contribution in [0.1, 0.15) is 133 Å². The van der Waals surface area contributed by atoms with Gasteiger partial charge in [-0.15, -0.1) is 0 Å². The topological polar surface area (TPSA) is 169 Å². The lowest BCUT2D eigenvalue weighted by molar-refractivity contribution is -0.302. The maximum atomic E-state index is 15.0. The lowest BCUT2D eigenvalue weighted by atomic mass is 9.81. The zero-order valence-electron chi connectivity index (χ0n) is 46.1. The van der Waals surface area contributed by atoms with Crippen LogP contribution < -0.4 is 0 Å². The largest absolute Gasteiger partial charge is 0.456 e. The van der Waals surface area contributed by atoms with E-state index in [-0.39, 0.29) is 66.6 Å². The number of Topliss-reactive ketones (excluding diaryl/α,β-unsaturated/α-hetero) is 2. The summed E-state index contributed by atoms with van der Waals surface area (Å²) >= 11 is 0. The second-order valence-electron chi connectivity index (χ2n) is 23.3. The van der Waals surface area contributed by atoms with Crippen LogP contribution in [-0.4, -0.2) is 169 Å². The second-order valence-corrected chi connectivity index (χ2v) is 28.1. The molecule has 0 aromatic carbocycles. The number of piperidine rings is 1. The average Bonchev–Trinajstić information content (AvgIpc) is 3.33. The van der Waals surface area contributed by atoms with E-state index in [1.165, 1.54) is 4.90 Å². The SMILES string of the molecule is CCC1/C=C(\C)CC(C)CC(OC)C2OC(O)(C(=O)C(=O)N3CCCCC3C(=O)OC(C(C)=CC3CCC(OCCN4CCOCC4)C(OC)C3)C(C)C(O[Si](C)(C)C(C)(C)C)CC1=O)C(C)CC2OC. The van der Waals surface area contributed by atoms with E-state index < -0.39 is 80.2 Å². The highest BCUT2D eigenvalue weighted by Gasteiger charge is 2.57. The van der Waals surface area contributed by atoms with Crippen molar-refractivity contribution in [3.05, 3.63) is 23.3 Å². The number of fused-ring (bicyclic) bond motifs is 3. The van der Waals surface area contributed by atoms with Crippen molar-refractivity contribution < 1.29 is 61.9 Å². The molecule has 4 heterocycles. The molecule has 14 atom stereocenters. The first-order valence-corrected chi connectivity index (χ1v) is 29.9. The summed E-state index contributed by atoms with van der Waals surface area (Å²) in [6.45, 7) is 27.6. The number of ether oxygens (including phenoxy) is 7. The van der Waals surface area contributed by atoms with Crippen molar-refractivity contribution in [3.63, 3.8) is 0 Å². The molecule has 5 rings (SSSR count). The zero-order valence-corrected chi connectivity index (χ0v) is 47.1. The molecule has 1 saturated carbocycles. The summed E-state index contributed by atoms with van der Waals surface area (Å²) in [5.41, 5.74) is 1.87. The van der Waals surface area contributed by atoms with Crippen LogP contribution in [0.15, 0.2) is 23.3 Å². The minimum atomic E-state index is -2.54. The van der Waals surface area contributed by atoms with E-state index in [1.807, 2.05) is 27.7 Å². The van der Waals surface area contributed by atoms with Crippen LogP contribution in [0.2, 0.25) is 18.1 Å². The van der Waals surface area contributed by atoms with E-state index in [0.29, 0.717) is 45.1 Å². The Morgan fingerprint density at radius 1 is 0.873 bits per heavy atom. The number of carbonyl (C=O) groups excluding carboxylic acids is 4. The number of hydrogen-bond acceptors (Lipinski definition) is 14. The molecular weight excluding hydrogens is 925 g/mol. The lowest BCUT2D eigenvalue weighted by Gasteiger charge is -2.47. The molecule has 0 radical (unpaired) electrons. The van der Waals surface area contributed by atoms with Gasteiger partial charge in [-0.2, -0.15) is 0 Å². The Morgan fingerprint density at radius 3 is 2.17 bits per heavy atom. The van der Waals surface area contributed by atoms with Gasteiger partial charge in [0.25, 0.3) is 11.7 Å². The first-order chi connectivity index (χ1) is 33.5. The molecule has 4 aliphatic heterocycles. The number of methoxy groups -OCH3 is 3. The number of cyclic esters (lactones) is 1. The monoisotopic (exact) mass is 1020 g/mol. The van der Waals surface area contributed by atoms with Crippen molar-refractivity contribution in [1.82, 2.24) is 9.80 Å².